The van der Waals surface area contributed by atoms with E-state index >= 15 is 0 Å². The second-order valence-corrected chi connectivity index (χ2v) is 4.47. The molecule has 90 valence electrons. The third kappa shape index (κ3) is 2.77. The van der Waals surface area contributed by atoms with E-state index in [1.54, 1.807) is 6.07 Å². The summed E-state index contributed by atoms with van der Waals surface area (Å²) in [4.78, 5) is 2.30. The van der Waals surface area contributed by atoms with Crippen molar-refractivity contribution in [1.82, 2.24) is 4.90 Å². The average Bonchev–Trinajstić information content (AvgIpc) is 2.35. The van der Waals surface area contributed by atoms with Crippen molar-refractivity contribution in [3.63, 3.8) is 0 Å². The molecule has 0 radical (unpaired) electrons. The topological polar surface area (TPSA) is 23.5 Å². The Balaban J connectivity index is 2.28. The number of phenolic OH excluding ortho intramolecular Hbond substituents is 1. The van der Waals surface area contributed by atoms with Gasteiger partial charge in [0.2, 0.25) is 0 Å². The minimum atomic E-state index is 0.334. The van der Waals surface area contributed by atoms with Crippen LogP contribution in [-0.2, 0) is 6.42 Å². The fraction of sp³-hybridized carbons (Fsp3) is 0.333. The van der Waals surface area contributed by atoms with Gasteiger partial charge < -0.3 is 10.0 Å². The van der Waals surface area contributed by atoms with Crippen molar-refractivity contribution in [2.45, 2.75) is 13.3 Å². The average molecular weight is 229 g/mol. The summed E-state index contributed by atoms with van der Waals surface area (Å²) in [5.41, 5.74) is 1.35. The Morgan fingerprint density at radius 2 is 2.00 bits per heavy atom. The Bertz CT molecular complexity index is 507. The fourth-order valence-corrected chi connectivity index (χ4v) is 2.03. The van der Waals surface area contributed by atoms with Crippen LogP contribution in [0.1, 0.15) is 12.5 Å². The van der Waals surface area contributed by atoms with Crippen LogP contribution in [0.2, 0.25) is 0 Å². The van der Waals surface area contributed by atoms with Gasteiger partial charge in [0.05, 0.1) is 0 Å². The quantitative estimate of drug-likeness (QED) is 0.871. The van der Waals surface area contributed by atoms with E-state index in [0.717, 1.165) is 24.9 Å². The van der Waals surface area contributed by atoms with Gasteiger partial charge in [0.1, 0.15) is 5.75 Å². The number of rotatable bonds is 4. The van der Waals surface area contributed by atoms with Crippen molar-refractivity contribution in [2.75, 3.05) is 20.1 Å². The molecule has 0 aromatic heterocycles. The summed E-state index contributed by atoms with van der Waals surface area (Å²) in [5, 5.41) is 11.8. The molecule has 0 saturated carbocycles. The first-order chi connectivity index (χ1) is 8.20. The second kappa shape index (κ2) is 5.19. The number of phenols is 1. The van der Waals surface area contributed by atoms with Crippen LogP contribution in [0.15, 0.2) is 36.4 Å². The van der Waals surface area contributed by atoms with E-state index < -0.39 is 0 Å². The Hall–Kier alpha value is -1.54. The summed E-state index contributed by atoms with van der Waals surface area (Å²) in [6.45, 7) is 4.31. The lowest BCUT2D eigenvalue weighted by Gasteiger charge is -2.14. The van der Waals surface area contributed by atoms with Crippen molar-refractivity contribution in [3.05, 3.63) is 42.0 Å². The Morgan fingerprint density at radius 1 is 1.18 bits per heavy atom. The third-order valence-electron chi connectivity index (χ3n) is 3.26. The van der Waals surface area contributed by atoms with Crippen LogP contribution < -0.4 is 0 Å². The maximum Gasteiger partial charge on any atom is 0.116 e. The van der Waals surface area contributed by atoms with E-state index in [-0.39, 0.29) is 0 Å². The highest BCUT2D eigenvalue weighted by Crippen LogP contribution is 2.23. The highest BCUT2D eigenvalue weighted by Gasteiger charge is 2.03. The summed E-state index contributed by atoms with van der Waals surface area (Å²) < 4.78 is 0. The third-order valence-corrected chi connectivity index (χ3v) is 3.26. The molecular formula is C15H19NO. The molecule has 0 aliphatic rings. The lowest BCUT2D eigenvalue weighted by Crippen LogP contribution is -2.20. The maximum absolute atomic E-state index is 9.47. The molecule has 2 heteroatoms. The van der Waals surface area contributed by atoms with E-state index in [1.807, 2.05) is 18.2 Å². The van der Waals surface area contributed by atoms with Crippen molar-refractivity contribution in [2.24, 2.45) is 0 Å². The first-order valence-electron chi connectivity index (χ1n) is 6.10. The molecule has 0 unspecified atom stereocenters. The standard InChI is InChI=1S/C15H19NO/c1-3-16(2)10-9-12-5-4-6-13-11-14(17)7-8-15(12)13/h4-8,11,17H,3,9-10H2,1-2H3. The second-order valence-electron chi connectivity index (χ2n) is 4.47. The normalized spacial score (nSPS) is 11.2. The molecule has 2 aromatic carbocycles. The van der Waals surface area contributed by atoms with Gasteiger partial charge in [-0.25, -0.2) is 0 Å². The molecule has 0 aliphatic carbocycles. The van der Waals surface area contributed by atoms with Gasteiger partial charge in [0, 0.05) is 6.54 Å². The first kappa shape index (κ1) is 11.9. The van der Waals surface area contributed by atoms with Gasteiger partial charge in [-0.05, 0) is 48.5 Å². The van der Waals surface area contributed by atoms with Crippen LogP contribution in [-0.4, -0.2) is 30.1 Å². The molecule has 0 fully saturated rings. The monoisotopic (exact) mass is 229 g/mol. The minimum Gasteiger partial charge on any atom is -0.508 e. The molecule has 2 rings (SSSR count). The van der Waals surface area contributed by atoms with E-state index in [2.05, 4.69) is 31.0 Å². The lowest BCUT2D eigenvalue weighted by molar-refractivity contribution is 0.358. The van der Waals surface area contributed by atoms with Crippen molar-refractivity contribution in [3.8, 4) is 5.75 Å². The molecule has 0 atom stereocenters. The van der Waals surface area contributed by atoms with Gasteiger partial charge in [-0.1, -0.05) is 31.2 Å². The van der Waals surface area contributed by atoms with Crippen LogP contribution in [0.25, 0.3) is 10.8 Å². The van der Waals surface area contributed by atoms with Crippen LogP contribution in [0.3, 0.4) is 0 Å². The van der Waals surface area contributed by atoms with Gasteiger partial charge >= 0.3 is 0 Å². The molecule has 2 nitrogen and oxygen atoms in total. The molecule has 1 N–H and O–H groups in total. The Labute approximate surface area is 102 Å². The Kier molecular flexibility index (Phi) is 3.64. The summed E-state index contributed by atoms with van der Waals surface area (Å²) in [5.74, 6) is 0.334. The molecular weight excluding hydrogens is 210 g/mol. The first-order valence-corrected chi connectivity index (χ1v) is 6.10. The van der Waals surface area contributed by atoms with E-state index in [0.29, 0.717) is 5.75 Å². The highest BCUT2D eigenvalue weighted by molar-refractivity contribution is 5.86. The molecule has 0 saturated heterocycles. The van der Waals surface area contributed by atoms with Crippen LogP contribution in [0, 0.1) is 0 Å². The minimum absolute atomic E-state index is 0.334. The van der Waals surface area contributed by atoms with Crippen molar-refractivity contribution < 1.29 is 5.11 Å². The van der Waals surface area contributed by atoms with Gasteiger partial charge in [-0.3, -0.25) is 0 Å². The van der Waals surface area contributed by atoms with Gasteiger partial charge in [0.15, 0.2) is 0 Å². The van der Waals surface area contributed by atoms with Gasteiger partial charge in [-0.2, -0.15) is 0 Å². The number of aromatic hydroxyl groups is 1. The maximum atomic E-state index is 9.47. The molecule has 0 aliphatic heterocycles. The zero-order valence-corrected chi connectivity index (χ0v) is 10.5. The molecule has 0 amide bonds. The highest BCUT2D eigenvalue weighted by atomic mass is 16.3. The predicted molar refractivity (Wildman–Crippen MR) is 72.5 cm³/mol. The zero-order valence-electron chi connectivity index (χ0n) is 10.5. The molecule has 0 spiro atoms. The lowest BCUT2D eigenvalue weighted by atomic mass is 10.0. The van der Waals surface area contributed by atoms with Crippen LogP contribution in [0.4, 0.5) is 0 Å². The van der Waals surface area contributed by atoms with E-state index in [9.17, 15) is 5.11 Å². The molecule has 2 aromatic rings. The molecule has 0 heterocycles. The van der Waals surface area contributed by atoms with Gasteiger partial charge in [0.25, 0.3) is 0 Å². The fourth-order valence-electron chi connectivity index (χ4n) is 2.03. The van der Waals surface area contributed by atoms with E-state index in [4.69, 9.17) is 0 Å². The van der Waals surface area contributed by atoms with Crippen LogP contribution in [0.5, 0.6) is 5.75 Å². The van der Waals surface area contributed by atoms with Crippen LogP contribution >= 0.6 is 0 Å². The SMILES string of the molecule is CCN(C)CCc1cccc2cc(O)ccc12. The summed E-state index contributed by atoms with van der Waals surface area (Å²) in [6, 6.07) is 11.9. The predicted octanol–water partition coefficient (Wildman–Crippen LogP) is 3.04. The van der Waals surface area contributed by atoms with Gasteiger partial charge in [-0.15, -0.1) is 0 Å². The zero-order chi connectivity index (χ0) is 12.3. The number of hydrogen-bond acceptors (Lipinski definition) is 2. The number of fused-ring (bicyclic) bond motifs is 1. The van der Waals surface area contributed by atoms with E-state index in [1.165, 1.54) is 10.9 Å². The number of nitrogens with zero attached hydrogens (tertiary/aromatic N) is 1. The summed E-state index contributed by atoms with van der Waals surface area (Å²) in [6.07, 6.45) is 1.05. The van der Waals surface area contributed by atoms with Crippen molar-refractivity contribution in [1.29, 1.82) is 0 Å². The summed E-state index contributed by atoms with van der Waals surface area (Å²) >= 11 is 0. The summed E-state index contributed by atoms with van der Waals surface area (Å²) in [7, 11) is 2.14. The number of likely N-dealkylation sites (N-methyl/N-ethyl adjacent to an activating group) is 1. The number of benzene rings is 2. The molecule has 17 heavy (non-hydrogen) atoms. The Morgan fingerprint density at radius 3 is 2.76 bits per heavy atom. The number of hydrogen-bond donors (Lipinski definition) is 1. The largest absolute Gasteiger partial charge is 0.508 e. The van der Waals surface area contributed by atoms with Crippen molar-refractivity contribution >= 4 is 10.8 Å². The molecule has 0 bridgehead atoms. The smallest absolute Gasteiger partial charge is 0.116 e.